The van der Waals surface area contributed by atoms with Crippen LogP contribution in [0.15, 0.2) is 6.33 Å². The van der Waals surface area contributed by atoms with E-state index in [2.05, 4.69) is 15.0 Å². The van der Waals surface area contributed by atoms with Gasteiger partial charge in [-0.1, -0.05) is 0 Å². The number of nitrogens with zero attached hydrogens (tertiary/aromatic N) is 3. The van der Waals surface area contributed by atoms with Crippen molar-refractivity contribution in [1.29, 1.82) is 0 Å². The Morgan fingerprint density at radius 2 is 1.62 bits per heavy atom. The van der Waals surface area contributed by atoms with Gasteiger partial charge < -0.3 is 0 Å². The maximum Gasteiger partial charge on any atom is 0.118 e. The summed E-state index contributed by atoms with van der Waals surface area (Å²) >= 11 is 0. The van der Waals surface area contributed by atoms with Gasteiger partial charge in [-0.25, -0.2) is 15.0 Å². The zero-order valence-corrected chi connectivity index (χ0v) is 8.92. The molecule has 1 rings (SSSR count). The fourth-order valence-electron chi connectivity index (χ4n) is 0.488. The highest BCUT2D eigenvalue weighted by atomic mass is 28.1. The van der Waals surface area contributed by atoms with Crippen molar-refractivity contribution in [3.05, 3.63) is 6.33 Å². The predicted octanol–water partition coefficient (Wildman–Crippen LogP) is -4.15. The molecule has 0 fully saturated rings. The molecule has 0 aliphatic carbocycles. The molecule has 0 aliphatic rings. The van der Waals surface area contributed by atoms with E-state index in [1.54, 1.807) is 6.33 Å². The summed E-state index contributed by atoms with van der Waals surface area (Å²) in [5.41, 5.74) is 1.90. The molecule has 0 bridgehead atoms. The van der Waals surface area contributed by atoms with Crippen LogP contribution in [-0.4, -0.2) is 35.4 Å². The van der Waals surface area contributed by atoms with E-state index in [-0.39, 0.29) is 0 Å². The predicted molar refractivity (Wildman–Crippen MR) is 39.0 cm³/mol. The van der Waals surface area contributed by atoms with Crippen molar-refractivity contribution >= 4 is 31.4 Å². The highest BCUT2D eigenvalue weighted by Gasteiger charge is 1.84. The van der Waals surface area contributed by atoms with E-state index in [0.717, 1.165) is 31.4 Å². The van der Waals surface area contributed by atoms with Crippen molar-refractivity contribution < 1.29 is 0 Å². The molecule has 0 unspecified atom stereocenters. The Kier molecular flexibility index (Phi) is 1.49. The average Bonchev–Trinajstić information content (AvgIpc) is 1.64. The Balaban J connectivity index is 3.08. The van der Waals surface area contributed by atoms with E-state index >= 15 is 0 Å². The quantitative estimate of drug-likeness (QED) is 0.344. The molecular formula is C3H7N3Si2. The van der Waals surface area contributed by atoms with Crippen LogP contribution in [0.25, 0.3) is 0 Å². The first-order valence-electron chi connectivity index (χ1n) is 2.41. The van der Waals surface area contributed by atoms with E-state index in [0.29, 0.717) is 0 Å². The Morgan fingerprint density at radius 3 is 1.88 bits per heavy atom. The molecule has 5 heteroatoms. The molecule has 0 N–H and O–H groups in total. The molecule has 0 radical (unpaired) electrons. The summed E-state index contributed by atoms with van der Waals surface area (Å²) < 4.78 is 0. The molecule has 1 heterocycles. The van der Waals surface area contributed by atoms with Gasteiger partial charge in [0.2, 0.25) is 0 Å². The molecule has 0 saturated carbocycles. The van der Waals surface area contributed by atoms with Crippen LogP contribution in [0.5, 0.6) is 0 Å². The molecule has 3 nitrogen and oxygen atoms in total. The second kappa shape index (κ2) is 2.14. The van der Waals surface area contributed by atoms with E-state index in [4.69, 9.17) is 0 Å². The van der Waals surface area contributed by atoms with Gasteiger partial charge in [0.1, 0.15) is 6.33 Å². The van der Waals surface area contributed by atoms with Gasteiger partial charge in [0.25, 0.3) is 0 Å². The third kappa shape index (κ3) is 1.21. The molecule has 8 heavy (non-hydrogen) atoms. The first kappa shape index (κ1) is 5.58. The van der Waals surface area contributed by atoms with Crippen molar-refractivity contribution in [1.82, 2.24) is 15.0 Å². The fourth-order valence-corrected chi connectivity index (χ4v) is 1.81. The second-order valence-corrected chi connectivity index (χ2v) is 3.37. The number of aromatic nitrogens is 3. The zero-order valence-electron chi connectivity index (χ0n) is 4.92. The van der Waals surface area contributed by atoms with Crippen molar-refractivity contribution in [2.45, 2.75) is 0 Å². The standard InChI is InChI=1S/C3H7N3Si2/c7-2-4-1-5-3(8)6-2/h1H,7-8H3. The average molecular weight is 141 g/mol. The lowest BCUT2D eigenvalue weighted by Gasteiger charge is -1.88. The molecule has 0 amide bonds. The largest absolute Gasteiger partial charge is 0.231 e. The summed E-state index contributed by atoms with van der Waals surface area (Å²) in [5, 5.41) is 0. The van der Waals surface area contributed by atoms with E-state index in [1.165, 1.54) is 0 Å². The molecule has 0 aromatic carbocycles. The van der Waals surface area contributed by atoms with Gasteiger partial charge in [-0.3, -0.25) is 0 Å². The van der Waals surface area contributed by atoms with E-state index in [1.807, 2.05) is 0 Å². The van der Waals surface area contributed by atoms with Gasteiger partial charge in [0.05, 0.1) is 31.4 Å². The minimum Gasteiger partial charge on any atom is -0.231 e. The van der Waals surface area contributed by atoms with Crippen molar-refractivity contribution in [2.75, 3.05) is 0 Å². The van der Waals surface area contributed by atoms with Crippen LogP contribution in [0.1, 0.15) is 0 Å². The van der Waals surface area contributed by atoms with Crippen LogP contribution in [0.4, 0.5) is 0 Å². The third-order valence-corrected chi connectivity index (χ3v) is 1.78. The van der Waals surface area contributed by atoms with E-state index < -0.39 is 0 Å². The van der Waals surface area contributed by atoms with Crippen LogP contribution in [0.3, 0.4) is 0 Å². The van der Waals surface area contributed by atoms with Gasteiger partial charge in [-0.15, -0.1) is 0 Å². The molecule has 0 aliphatic heterocycles. The Morgan fingerprint density at radius 1 is 1.12 bits per heavy atom. The van der Waals surface area contributed by atoms with Gasteiger partial charge in [-0.05, 0) is 0 Å². The van der Waals surface area contributed by atoms with Crippen LogP contribution >= 0.6 is 0 Å². The van der Waals surface area contributed by atoms with Crippen LogP contribution in [0, 0.1) is 0 Å². The first-order valence-corrected chi connectivity index (χ1v) is 4.41. The normalized spacial score (nSPS) is 10.0. The van der Waals surface area contributed by atoms with Crippen molar-refractivity contribution in [3.8, 4) is 0 Å². The fraction of sp³-hybridized carbons (Fsp3) is 0. The Labute approximate surface area is 53.4 Å². The van der Waals surface area contributed by atoms with E-state index in [9.17, 15) is 0 Å². The highest BCUT2D eigenvalue weighted by molar-refractivity contribution is 6.32. The highest BCUT2D eigenvalue weighted by Crippen LogP contribution is 1.51. The molecule has 0 spiro atoms. The van der Waals surface area contributed by atoms with Crippen molar-refractivity contribution in [3.63, 3.8) is 0 Å². The summed E-state index contributed by atoms with van der Waals surface area (Å²) in [6.07, 6.45) is 1.58. The van der Waals surface area contributed by atoms with Crippen LogP contribution < -0.4 is 10.9 Å². The second-order valence-electron chi connectivity index (χ2n) is 1.58. The summed E-state index contributed by atoms with van der Waals surface area (Å²) in [6, 6.07) is 0. The van der Waals surface area contributed by atoms with Crippen molar-refractivity contribution in [2.24, 2.45) is 0 Å². The maximum atomic E-state index is 4.07. The molecule has 1 aromatic rings. The number of rotatable bonds is 0. The van der Waals surface area contributed by atoms with Gasteiger partial charge in [0, 0.05) is 0 Å². The third-order valence-electron chi connectivity index (χ3n) is 0.813. The molecule has 0 saturated heterocycles. The summed E-state index contributed by atoms with van der Waals surface area (Å²) in [4.78, 5) is 11.9. The summed E-state index contributed by atoms with van der Waals surface area (Å²) in [5.74, 6) is 0. The minimum absolute atomic E-state index is 0.932. The number of hydrogen-bond acceptors (Lipinski definition) is 3. The van der Waals surface area contributed by atoms with Gasteiger partial charge in [-0.2, -0.15) is 0 Å². The molecule has 1 aromatic heterocycles. The monoisotopic (exact) mass is 141 g/mol. The lowest BCUT2D eigenvalue weighted by molar-refractivity contribution is 1.14. The topological polar surface area (TPSA) is 38.7 Å². The summed E-state index contributed by atoms with van der Waals surface area (Å²) in [6.45, 7) is 0. The molecule has 42 valence electrons. The SMILES string of the molecule is [SiH3]c1ncnc([SiH3])n1. The maximum absolute atomic E-state index is 4.07. The lowest BCUT2D eigenvalue weighted by atomic mass is 11.1. The van der Waals surface area contributed by atoms with Gasteiger partial charge in [0.15, 0.2) is 0 Å². The zero-order chi connectivity index (χ0) is 5.98. The number of hydrogen-bond donors (Lipinski definition) is 0. The summed E-state index contributed by atoms with van der Waals surface area (Å²) in [7, 11) is 1.86. The Bertz CT molecular complexity index is 172. The minimum atomic E-state index is 0.932. The lowest BCUT2D eigenvalue weighted by Crippen LogP contribution is -2.25. The molecular weight excluding hydrogens is 134 g/mol. The van der Waals surface area contributed by atoms with Crippen LogP contribution in [-0.2, 0) is 0 Å². The van der Waals surface area contributed by atoms with Crippen LogP contribution in [0.2, 0.25) is 0 Å². The Hall–Kier alpha value is -0.556. The first-order chi connectivity index (χ1) is 3.79. The smallest absolute Gasteiger partial charge is 0.118 e. The van der Waals surface area contributed by atoms with Gasteiger partial charge >= 0.3 is 0 Å². The molecule has 0 atom stereocenters.